The number of aryl methyl sites for hydroxylation is 2. The Kier molecular flexibility index (Phi) is 6.95. The van der Waals surface area contributed by atoms with Crippen molar-refractivity contribution in [1.82, 2.24) is 9.88 Å². The highest BCUT2D eigenvalue weighted by Gasteiger charge is 2.19. The van der Waals surface area contributed by atoms with Crippen molar-refractivity contribution in [2.45, 2.75) is 77.3 Å². The Hall–Kier alpha value is -2.05. The number of benzene rings is 1. The number of Topliss-reactive ketones (excluding diaryl/α,β-unsaturated/α-hetero) is 1. The van der Waals surface area contributed by atoms with Gasteiger partial charge in [-0.3, -0.25) is 14.5 Å². The van der Waals surface area contributed by atoms with Gasteiger partial charge in [0, 0.05) is 42.1 Å². The number of rotatable bonds is 7. The SMILES string of the molecule is CC1CCCCN1Cc1cnc(NC(=O)CCC(=O)c2ccc3c(c2)CCCC3)s1. The zero-order valence-electron chi connectivity index (χ0n) is 17.8. The standard InChI is InChI=1S/C24H31N3O2S/c1-17-6-4-5-13-27(17)16-21-15-25-24(30-21)26-23(29)12-11-22(28)20-10-9-18-7-2-3-8-19(18)14-20/h9-10,14-15,17H,2-8,11-13,16H2,1H3,(H,25,26,29). The number of likely N-dealkylation sites (tertiary alicyclic amines) is 1. The van der Waals surface area contributed by atoms with Crippen molar-refractivity contribution in [3.8, 4) is 0 Å². The molecule has 0 radical (unpaired) electrons. The first kappa shape index (κ1) is 21.2. The van der Waals surface area contributed by atoms with E-state index in [1.165, 1.54) is 59.4 Å². The molecule has 6 heteroatoms. The summed E-state index contributed by atoms with van der Waals surface area (Å²) in [6, 6.07) is 6.64. The molecule has 0 bridgehead atoms. The molecule has 0 saturated carbocycles. The summed E-state index contributed by atoms with van der Waals surface area (Å²) >= 11 is 1.53. The third-order valence-corrected chi connectivity index (χ3v) is 7.25. The van der Waals surface area contributed by atoms with Gasteiger partial charge in [0.1, 0.15) is 0 Å². The quantitative estimate of drug-likeness (QED) is 0.634. The van der Waals surface area contributed by atoms with Crippen LogP contribution >= 0.6 is 11.3 Å². The average Bonchev–Trinajstić information content (AvgIpc) is 3.20. The lowest BCUT2D eigenvalue weighted by molar-refractivity contribution is -0.116. The molecule has 1 aromatic carbocycles. The van der Waals surface area contributed by atoms with Crippen LogP contribution in [0, 0.1) is 0 Å². The first-order valence-electron chi connectivity index (χ1n) is 11.2. The Morgan fingerprint density at radius 2 is 1.97 bits per heavy atom. The van der Waals surface area contributed by atoms with Crippen molar-refractivity contribution in [3.05, 3.63) is 46.0 Å². The van der Waals surface area contributed by atoms with E-state index in [0.29, 0.717) is 11.2 Å². The van der Waals surface area contributed by atoms with Crippen molar-refractivity contribution >= 4 is 28.2 Å². The number of ketones is 1. The Morgan fingerprint density at radius 3 is 2.80 bits per heavy atom. The molecule has 2 heterocycles. The molecule has 1 amide bonds. The molecule has 1 unspecified atom stereocenters. The number of nitrogens with one attached hydrogen (secondary N) is 1. The summed E-state index contributed by atoms with van der Waals surface area (Å²) in [6.45, 7) is 4.31. The number of piperidine rings is 1. The van der Waals surface area contributed by atoms with E-state index < -0.39 is 0 Å². The van der Waals surface area contributed by atoms with E-state index in [9.17, 15) is 9.59 Å². The molecule has 160 valence electrons. The summed E-state index contributed by atoms with van der Waals surface area (Å²) in [6.07, 6.45) is 10.7. The van der Waals surface area contributed by atoms with Gasteiger partial charge in [-0.25, -0.2) is 4.98 Å². The van der Waals surface area contributed by atoms with Gasteiger partial charge in [0.2, 0.25) is 5.91 Å². The van der Waals surface area contributed by atoms with Crippen LogP contribution in [0.5, 0.6) is 0 Å². The highest BCUT2D eigenvalue weighted by molar-refractivity contribution is 7.15. The third-order valence-electron chi connectivity index (χ3n) is 6.35. The van der Waals surface area contributed by atoms with Crippen LogP contribution in [0.2, 0.25) is 0 Å². The summed E-state index contributed by atoms with van der Waals surface area (Å²) < 4.78 is 0. The van der Waals surface area contributed by atoms with Crippen molar-refractivity contribution in [1.29, 1.82) is 0 Å². The van der Waals surface area contributed by atoms with Gasteiger partial charge in [-0.1, -0.05) is 18.6 Å². The minimum Gasteiger partial charge on any atom is -0.302 e. The second kappa shape index (κ2) is 9.84. The minimum absolute atomic E-state index is 0.0393. The van der Waals surface area contributed by atoms with Gasteiger partial charge in [0.05, 0.1) is 0 Å². The van der Waals surface area contributed by atoms with Crippen LogP contribution in [-0.2, 0) is 24.2 Å². The maximum atomic E-state index is 12.5. The lowest BCUT2D eigenvalue weighted by Gasteiger charge is -2.32. The van der Waals surface area contributed by atoms with E-state index in [4.69, 9.17) is 0 Å². The Balaban J connectivity index is 1.26. The van der Waals surface area contributed by atoms with E-state index in [1.54, 1.807) is 0 Å². The van der Waals surface area contributed by atoms with Crippen molar-refractivity contribution in [3.63, 3.8) is 0 Å². The molecule has 2 aromatic rings. The number of nitrogens with zero attached hydrogens (tertiary/aromatic N) is 2. The van der Waals surface area contributed by atoms with Crippen LogP contribution in [0.25, 0.3) is 0 Å². The molecule has 1 aliphatic carbocycles. The number of carbonyl (C=O) groups excluding carboxylic acids is 2. The minimum atomic E-state index is -0.145. The Labute approximate surface area is 182 Å². The fourth-order valence-electron chi connectivity index (χ4n) is 4.49. The normalized spacial score (nSPS) is 19.3. The maximum Gasteiger partial charge on any atom is 0.226 e. The second-order valence-corrected chi connectivity index (χ2v) is 9.72. The van der Waals surface area contributed by atoms with Crippen LogP contribution in [-0.4, -0.2) is 34.2 Å². The van der Waals surface area contributed by atoms with Crippen molar-refractivity contribution in [2.24, 2.45) is 0 Å². The third kappa shape index (κ3) is 5.35. The molecule has 1 fully saturated rings. The zero-order valence-corrected chi connectivity index (χ0v) is 18.6. The number of hydrogen-bond donors (Lipinski definition) is 1. The number of anilines is 1. The molecule has 4 rings (SSSR count). The summed E-state index contributed by atoms with van der Waals surface area (Å²) in [4.78, 5) is 32.9. The van der Waals surface area contributed by atoms with E-state index in [0.717, 1.165) is 31.5 Å². The van der Waals surface area contributed by atoms with Gasteiger partial charge in [-0.2, -0.15) is 0 Å². The topological polar surface area (TPSA) is 62.3 Å². The molecule has 1 aromatic heterocycles. The highest BCUT2D eigenvalue weighted by Crippen LogP contribution is 2.25. The van der Waals surface area contributed by atoms with Gasteiger partial charge in [0.15, 0.2) is 10.9 Å². The van der Waals surface area contributed by atoms with E-state index in [2.05, 4.69) is 28.2 Å². The Bertz CT molecular complexity index is 908. The van der Waals surface area contributed by atoms with Gasteiger partial charge in [-0.15, -0.1) is 11.3 Å². The molecule has 1 aliphatic heterocycles. The van der Waals surface area contributed by atoms with Crippen LogP contribution < -0.4 is 5.32 Å². The van der Waals surface area contributed by atoms with E-state index >= 15 is 0 Å². The van der Waals surface area contributed by atoms with Crippen LogP contribution in [0.15, 0.2) is 24.4 Å². The molecule has 1 saturated heterocycles. The number of fused-ring (bicyclic) bond motifs is 1. The molecule has 0 spiro atoms. The van der Waals surface area contributed by atoms with Gasteiger partial charge < -0.3 is 5.32 Å². The van der Waals surface area contributed by atoms with Crippen LogP contribution in [0.3, 0.4) is 0 Å². The molecular weight excluding hydrogens is 394 g/mol. The molecular formula is C24H31N3O2S. The molecule has 1 N–H and O–H groups in total. The number of thiazole rings is 1. The summed E-state index contributed by atoms with van der Waals surface area (Å²) in [5.41, 5.74) is 3.40. The average molecular weight is 426 g/mol. The van der Waals surface area contributed by atoms with Crippen molar-refractivity contribution in [2.75, 3.05) is 11.9 Å². The monoisotopic (exact) mass is 425 g/mol. The fraction of sp³-hybridized carbons (Fsp3) is 0.542. The van der Waals surface area contributed by atoms with E-state index in [1.807, 2.05) is 18.3 Å². The second-order valence-electron chi connectivity index (χ2n) is 8.61. The first-order chi connectivity index (χ1) is 14.6. The van der Waals surface area contributed by atoms with E-state index in [-0.39, 0.29) is 24.5 Å². The summed E-state index contributed by atoms with van der Waals surface area (Å²) in [5.74, 6) is -0.106. The number of hydrogen-bond acceptors (Lipinski definition) is 5. The van der Waals surface area contributed by atoms with Crippen molar-refractivity contribution < 1.29 is 9.59 Å². The fourth-order valence-corrected chi connectivity index (χ4v) is 5.35. The lowest BCUT2D eigenvalue weighted by atomic mass is 9.89. The maximum absolute atomic E-state index is 12.5. The predicted molar refractivity (Wildman–Crippen MR) is 121 cm³/mol. The highest BCUT2D eigenvalue weighted by atomic mass is 32.1. The summed E-state index contributed by atoms with van der Waals surface area (Å²) in [7, 11) is 0. The largest absolute Gasteiger partial charge is 0.302 e. The van der Waals surface area contributed by atoms with Gasteiger partial charge >= 0.3 is 0 Å². The number of carbonyl (C=O) groups is 2. The lowest BCUT2D eigenvalue weighted by Crippen LogP contribution is -2.36. The van der Waals surface area contributed by atoms with Crippen LogP contribution in [0.1, 0.15) is 78.2 Å². The smallest absolute Gasteiger partial charge is 0.226 e. The van der Waals surface area contributed by atoms with Crippen LogP contribution in [0.4, 0.5) is 5.13 Å². The van der Waals surface area contributed by atoms with Gasteiger partial charge in [0.25, 0.3) is 0 Å². The summed E-state index contributed by atoms with van der Waals surface area (Å²) in [5, 5.41) is 3.49. The zero-order chi connectivity index (χ0) is 20.9. The number of amides is 1. The molecule has 1 atom stereocenters. The first-order valence-corrected chi connectivity index (χ1v) is 12.0. The van der Waals surface area contributed by atoms with Gasteiger partial charge in [-0.05, 0) is 69.2 Å². The Morgan fingerprint density at radius 1 is 1.13 bits per heavy atom. The molecule has 2 aliphatic rings. The number of aromatic nitrogens is 1. The predicted octanol–water partition coefficient (Wildman–Crippen LogP) is 5.00. The molecule has 30 heavy (non-hydrogen) atoms. The molecule has 5 nitrogen and oxygen atoms in total.